The quantitative estimate of drug-likeness (QED) is 0.499. The molecule has 0 aliphatic carbocycles. The van der Waals surface area contributed by atoms with Gasteiger partial charge in [0.2, 0.25) is 11.8 Å². The first kappa shape index (κ1) is 24.8. The van der Waals surface area contributed by atoms with Gasteiger partial charge in [0.1, 0.15) is 18.7 Å². The molecule has 9 heteroatoms. The monoisotopic (exact) mass is 495 g/mol. The molecule has 0 radical (unpaired) electrons. The maximum absolute atomic E-state index is 13.3. The highest BCUT2D eigenvalue weighted by Gasteiger charge is 2.36. The summed E-state index contributed by atoms with van der Waals surface area (Å²) in [5.74, 6) is 0.598. The number of thioether (sulfide) groups is 1. The van der Waals surface area contributed by atoms with Gasteiger partial charge in [-0.1, -0.05) is 42.5 Å². The average molecular weight is 496 g/mol. The molecule has 0 saturated carbocycles. The Hall–Kier alpha value is -3.33. The van der Waals surface area contributed by atoms with Gasteiger partial charge in [0, 0.05) is 6.54 Å². The average Bonchev–Trinajstić information content (AvgIpc) is 3.36. The zero-order chi connectivity index (χ0) is 24.8. The third-order valence-corrected chi connectivity index (χ3v) is 6.75. The normalized spacial score (nSPS) is 16.3. The Morgan fingerprint density at radius 1 is 1.23 bits per heavy atom. The van der Waals surface area contributed by atoms with E-state index in [0.29, 0.717) is 36.7 Å². The highest BCUT2D eigenvalue weighted by molar-refractivity contribution is 7.98. The summed E-state index contributed by atoms with van der Waals surface area (Å²) in [4.78, 5) is 44.7. The molecule has 2 amide bonds. The molecule has 35 heavy (non-hydrogen) atoms. The molecule has 0 spiro atoms. The van der Waals surface area contributed by atoms with Gasteiger partial charge >= 0.3 is 11.7 Å². The predicted molar refractivity (Wildman–Crippen MR) is 135 cm³/mol. The van der Waals surface area contributed by atoms with E-state index in [1.165, 1.54) is 4.90 Å². The van der Waals surface area contributed by atoms with Crippen LogP contribution in [0.4, 0.5) is 4.79 Å². The first-order valence-electron chi connectivity index (χ1n) is 11.6. The van der Waals surface area contributed by atoms with Gasteiger partial charge < -0.3 is 14.5 Å². The Bertz CT molecular complexity index is 1250. The van der Waals surface area contributed by atoms with E-state index in [1.807, 2.05) is 55.6 Å². The fourth-order valence-corrected chi connectivity index (χ4v) is 4.74. The number of amides is 2. The fraction of sp³-hybridized carbons (Fsp3) is 0.385. The number of carbonyl (C=O) groups is 2. The number of fused-ring (bicyclic) bond motifs is 1. The van der Waals surface area contributed by atoms with Crippen molar-refractivity contribution >= 4 is 34.7 Å². The van der Waals surface area contributed by atoms with E-state index >= 15 is 0 Å². The van der Waals surface area contributed by atoms with Crippen LogP contribution in [0, 0.1) is 6.92 Å². The molecule has 2 aromatic carbocycles. The lowest BCUT2D eigenvalue weighted by Crippen LogP contribution is -2.47. The lowest BCUT2D eigenvalue weighted by atomic mass is 10.1. The van der Waals surface area contributed by atoms with Gasteiger partial charge in [0.25, 0.3) is 0 Å². The summed E-state index contributed by atoms with van der Waals surface area (Å²) in [6, 6.07) is 13.6. The van der Waals surface area contributed by atoms with Crippen LogP contribution in [0.5, 0.6) is 0 Å². The summed E-state index contributed by atoms with van der Waals surface area (Å²) >= 11 is 1.62. The zero-order valence-electron chi connectivity index (χ0n) is 19.9. The van der Waals surface area contributed by atoms with Crippen LogP contribution in [0.1, 0.15) is 42.3 Å². The van der Waals surface area contributed by atoms with Crippen LogP contribution >= 0.6 is 11.8 Å². The molecule has 1 fully saturated rings. The molecule has 1 N–H and O–H groups in total. The molecule has 4 rings (SSSR count). The van der Waals surface area contributed by atoms with Crippen LogP contribution in [-0.4, -0.2) is 46.5 Å². The minimum Gasteiger partial charge on any atom is -0.445 e. The van der Waals surface area contributed by atoms with Gasteiger partial charge in [0.05, 0.1) is 10.9 Å². The van der Waals surface area contributed by atoms with Crippen molar-refractivity contribution in [3.05, 3.63) is 76.0 Å². The number of nitrogens with one attached hydrogen (secondary N) is 1. The number of carbonyl (C=O) groups excluding carboxylic acids is 2. The van der Waals surface area contributed by atoms with Crippen LogP contribution in [0.15, 0.2) is 57.7 Å². The van der Waals surface area contributed by atoms with Crippen molar-refractivity contribution in [1.29, 1.82) is 0 Å². The van der Waals surface area contributed by atoms with E-state index in [-0.39, 0.29) is 18.4 Å². The second-order valence-corrected chi connectivity index (χ2v) is 9.53. The molecule has 1 aliphatic rings. The zero-order valence-corrected chi connectivity index (χ0v) is 20.7. The Morgan fingerprint density at radius 3 is 2.80 bits per heavy atom. The molecule has 3 aromatic rings. The van der Waals surface area contributed by atoms with Crippen molar-refractivity contribution in [1.82, 2.24) is 15.2 Å². The molecule has 0 bridgehead atoms. The summed E-state index contributed by atoms with van der Waals surface area (Å²) < 4.78 is 11.0. The minimum atomic E-state index is -0.649. The second-order valence-electron chi connectivity index (χ2n) is 8.54. The topological polar surface area (TPSA) is 102 Å². The van der Waals surface area contributed by atoms with Crippen LogP contribution < -0.4 is 10.9 Å². The summed E-state index contributed by atoms with van der Waals surface area (Å²) in [6.07, 6.45) is 3.23. The van der Waals surface area contributed by atoms with Gasteiger partial charge in [-0.25, -0.2) is 14.6 Å². The second kappa shape index (κ2) is 11.4. The summed E-state index contributed by atoms with van der Waals surface area (Å²) in [5, 5.41) is 3.42. The van der Waals surface area contributed by atoms with E-state index in [1.54, 1.807) is 17.8 Å². The Morgan fingerprint density at radius 2 is 2.03 bits per heavy atom. The van der Waals surface area contributed by atoms with Crippen molar-refractivity contribution in [2.45, 2.75) is 44.9 Å². The highest BCUT2D eigenvalue weighted by atomic mass is 32.2. The van der Waals surface area contributed by atoms with Crippen LogP contribution in [0.3, 0.4) is 0 Å². The molecule has 8 nitrogen and oxygen atoms in total. The van der Waals surface area contributed by atoms with Gasteiger partial charge in [-0.3, -0.25) is 9.69 Å². The van der Waals surface area contributed by atoms with E-state index in [2.05, 4.69) is 10.3 Å². The maximum atomic E-state index is 13.3. The molecule has 1 aliphatic heterocycles. The molecule has 0 unspecified atom stereocenters. The largest absolute Gasteiger partial charge is 0.445 e. The number of rotatable bonds is 8. The molecular formula is C26H29N3O5S. The first-order valence-corrected chi connectivity index (χ1v) is 13.0. The lowest BCUT2D eigenvalue weighted by molar-refractivity contribution is -0.126. The van der Waals surface area contributed by atoms with Crippen LogP contribution in [0.25, 0.3) is 10.9 Å². The number of hydrogen-bond acceptors (Lipinski definition) is 7. The number of benzene rings is 2. The van der Waals surface area contributed by atoms with Gasteiger partial charge in [0.15, 0.2) is 0 Å². The molecule has 1 aromatic heterocycles. The van der Waals surface area contributed by atoms with Gasteiger partial charge in [-0.05, 0) is 55.4 Å². The van der Waals surface area contributed by atoms with E-state index in [0.717, 1.165) is 16.9 Å². The van der Waals surface area contributed by atoms with Crippen LogP contribution in [0.2, 0.25) is 0 Å². The van der Waals surface area contributed by atoms with E-state index < -0.39 is 23.8 Å². The summed E-state index contributed by atoms with van der Waals surface area (Å²) in [5.41, 5.74) is 1.73. The predicted octanol–water partition coefficient (Wildman–Crippen LogP) is 4.21. The molecule has 1 saturated heterocycles. The number of ether oxygens (including phenoxy) is 1. The first-order chi connectivity index (χ1) is 17.0. The third-order valence-electron chi connectivity index (χ3n) is 6.10. The molecule has 2 heterocycles. The Kier molecular flexibility index (Phi) is 8.07. The number of nitrogens with zero attached hydrogens (tertiary/aromatic N) is 2. The van der Waals surface area contributed by atoms with E-state index in [9.17, 15) is 14.4 Å². The Labute approximate surface area is 208 Å². The minimum absolute atomic E-state index is 0.145. The van der Waals surface area contributed by atoms with Crippen molar-refractivity contribution in [3.8, 4) is 0 Å². The summed E-state index contributed by atoms with van der Waals surface area (Å²) in [6.45, 7) is 2.43. The van der Waals surface area contributed by atoms with Crippen molar-refractivity contribution in [3.63, 3.8) is 0 Å². The molecule has 184 valence electrons. The number of likely N-dealkylation sites (tertiary alicyclic amines) is 1. The fourth-order valence-electron chi connectivity index (χ4n) is 4.27. The summed E-state index contributed by atoms with van der Waals surface area (Å²) in [7, 11) is 0. The van der Waals surface area contributed by atoms with E-state index in [4.69, 9.17) is 9.15 Å². The van der Waals surface area contributed by atoms with Gasteiger partial charge in [-0.15, -0.1) is 0 Å². The number of aromatic nitrogens is 1. The van der Waals surface area contributed by atoms with Crippen LogP contribution in [-0.2, 0) is 16.1 Å². The van der Waals surface area contributed by atoms with Crippen molar-refractivity contribution in [2.24, 2.45) is 0 Å². The SMILES string of the molecule is CSCC[C@H](NC(=O)[C@@H]1CCCN1C(=O)OCc1ccccc1)c1nc2cccc(C)c2c(=O)o1. The highest BCUT2D eigenvalue weighted by Crippen LogP contribution is 2.23. The molecule has 2 atom stereocenters. The smallest absolute Gasteiger partial charge is 0.410 e. The van der Waals surface area contributed by atoms with Crippen molar-refractivity contribution in [2.75, 3.05) is 18.6 Å². The number of hydrogen-bond donors (Lipinski definition) is 1. The number of aryl methyl sites for hydroxylation is 1. The lowest BCUT2D eigenvalue weighted by Gasteiger charge is -2.25. The van der Waals surface area contributed by atoms with Gasteiger partial charge in [-0.2, -0.15) is 11.8 Å². The molecular weight excluding hydrogens is 466 g/mol. The maximum Gasteiger partial charge on any atom is 0.410 e. The van der Waals surface area contributed by atoms with Crippen molar-refractivity contribution < 1.29 is 18.7 Å². The Balaban J connectivity index is 1.49. The third kappa shape index (κ3) is 5.85. The standard InChI is InChI=1S/C26H29N3O5S/c1-17-8-6-11-19-22(17)25(31)34-24(28-19)20(13-15-35-2)27-23(30)21-12-7-14-29(21)26(32)33-16-18-9-4-3-5-10-18/h3-6,8-11,20-21H,7,12-16H2,1-2H3,(H,27,30)/t20-,21-/m0/s1.